The van der Waals surface area contributed by atoms with Crippen LogP contribution in [0.15, 0.2) is 17.5 Å². The van der Waals surface area contributed by atoms with Crippen molar-refractivity contribution in [3.8, 4) is 0 Å². The van der Waals surface area contributed by atoms with E-state index >= 15 is 0 Å². The zero-order valence-corrected chi connectivity index (χ0v) is 14.5. The fourth-order valence-corrected chi connectivity index (χ4v) is 3.69. The number of carbonyl (C=O) groups is 1. The maximum atomic E-state index is 12.7. The molecule has 1 aliphatic heterocycles. The Labute approximate surface area is 140 Å². The summed E-state index contributed by atoms with van der Waals surface area (Å²) < 4.78 is 0. The maximum absolute atomic E-state index is 12.7. The van der Waals surface area contributed by atoms with Crippen LogP contribution in [0.4, 0.5) is 5.82 Å². The number of carbonyl (C=O) groups excluding carboxylic acids is 1. The lowest BCUT2D eigenvalue weighted by Gasteiger charge is -2.31. The summed E-state index contributed by atoms with van der Waals surface area (Å²) in [5.41, 5.74) is 1.46. The van der Waals surface area contributed by atoms with Crippen molar-refractivity contribution >= 4 is 23.1 Å². The second-order valence-electron chi connectivity index (χ2n) is 6.09. The average Bonchev–Trinajstić information content (AvgIpc) is 3.01. The molecule has 6 nitrogen and oxygen atoms in total. The first-order chi connectivity index (χ1) is 11.0. The molecule has 1 fully saturated rings. The predicted molar refractivity (Wildman–Crippen MR) is 91.1 cm³/mol. The summed E-state index contributed by atoms with van der Waals surface area (Å²) in [6.07, 6.45) is 2.08. The zero-order chi connectivity index (χ0) is 16.4. The number of anilines is 1. The van der Waals surface area contributed by atoms with Gasteiger partial charge in [0.25, 0.3) is 5.91 Å². The van der Waals surface area contributed by atoms with Crippen LogP contribution >= 0.6 is 11.3 Å². The molecule has 7 heteroatoms. The number of likely N-dealkylation sites (tertiary alicyclic amines) is 1. The number of rotatable bonds is 3. The van der Waals surface area contributed by atoms with Crippen molar-refractivity contribution in [3.05, 3.63) is 33.9 Å². The van der Waals surface area contributed by atoms with Gasteiger partial charge in [0.1, 0.15) is 0 Å². The van der Waals surface area contributed by atoms with Gasteiger partial charge in [0, 0.05) is 44.2 Å². The quantitative estimate of drug-likeness (QED) is 0.864. The molecule has 1 amide bonds. The van der Waals surface area contributed by atoms with Gasteiger partial charge in [0.05, 0.1) is 5.01 Å². The van der Waals surface area contributed by atoms with Gasteiger partial charge >= 0.3 is 0 Å². The van der Waals surface area contributed by atoms with Gasteiger partial charge in [-0.1, -0.05) is 0 Å². The molecule has 122 valence electrons. The minimum absolute atomic E-state index is 0.0409. The Morgan fingerprint density at radius 3 is 2.78 bits per heavy atom. The number of thiazole rings is 1. The van der Waals surface area contributed by atoms with Crippen molar-refractivity contribution in [3.63, 3.8) is 0 Å². The Hall–Kier alpha value is -2.02. The fraction of sp³-hybridized carbons (Fsp3) is 0.500. The standard InChI is InChI=1S/C16H21N5OS/c1-11-10-23-15(17-11)12-5-4-8-21(9-12)16(22)13-6-7-14(19-18-13)20(2)3/h6-7,10,12H,4-5,8-9H2,1-3H3. The van der Waals surface area contributed by atoms with E-state index in [1.807, 2.05) is 36.9 Å². The number of aryl methyl sites for hydroxylation is 1. The van der Waals surface area contributed by atoms with E-state index in [9.17, 15) is 4.79 Å². The second-order valence-corrected chi connectivity index (χ2v) is 6.98. The highest BCUT2D eigenvalue weighted by Crippen LogP contribution is 2.29. The molecule has 0 aromatic carbocycles. The van der Waals surface area contributed by atoms with Crippen molar-refractivity contribution in [2.24, 2.45) is 0 Å². The molecular formula is C16H21N5OS. The van der Waals surface area contributed by atoms with E-state index in [2.05, 4.69) is 20.6 Å². The first-order valence-corrected chi connectivity index (χ1v) is 8.65. The van der Waals surface area contributed by atoms with Crippen LogP contribution in [-0.2, 0) is 0 Å². The van der Waals surface area contributed by atoms with Crippen molar-refractivity contribution in [1.82, 2.24) is 20.1 Å². The molecule has 3 rings (SSSR count). The van der Waals surface area contributed by atoms with E-state index in [-0.39, 0.29) is 5.91 Å². The van der Waals surface area contributed by atoms with Crippen molar-refractivity contribution in [2.45, 2.75) is 25.7 Å². The van der Waals surface area contributed by atoms with Crippen LogP contribution in [0, 0.1) is 6.92 Å². The van der Waals surface area contributed by atoms with Crippen molar-refractivity contribution < 1.29 is 4.79 Å². The molecule has 0 aliphatic carbocycles. The van der Waals surface area contributed by atoms with Crippen LogP contribution < -0.4 is 4.90 Å². The summed E-state index contributed by atoms with van der Waals surface area (Å²) in [6.45, 7) is 3.49. The maximum Gasteiger partial charge on any atom is 0.274 e. The lowest BCUT2D eigenvalue weighted by Crippen LogP contribution is -2.39. The molecule has 2 aromatic rings. The predicted octanol–water partition coefficient (Wildman–Crippen LogP) is 2.33. The van der Waals surface area contributed by atoms with Gasteiger partial charge in [-0.25, -0.2) is 4.98 Å². The molecule has 3 heterocycles. The van der Waals surface area contributed by atoms with E-state index in [4.69, 9.17) is 0 Å². The molecule has 0 radical (unpaired) electrons. The number of amides is 1. The summed E-state index contributed by atoms with van der Waals surface area (Å²) in [5.74, 6) is 1.04. The minimum Gasteiger partial charge on any atom is -0.361 e. The third kappa shape index (κ3) is 3.50. The molecule has 0 N–H and O–H groups in total. The first kappa shape index (κ1) is 15.9. The largest absolute Gasteiger partial charge is 0.361 e. The first-order valence-electron chi connectivity index (χ1n) is 7.77. The van der Waals surface area contributed by atoms with Crippen molar-refractivity contribution in [1.29, 1.82) is 0 Å². The molecule has 0 saturated carbocycles. The summed E-state index contributed by atoms with van der Waals surface area (Å²) in [4.78, 5) is 21.0. The second kappa shape index (κ2) is 6.62. The third-order valence-electron chi connectivity index (χ3n) is 4.02. The monoisotopic (exact) mass is 331 g/mol. The highest BCUT2D eigenvalue weighted by molar-refractivity contribution is 7.09. The number of piperidine rings is 1. The van der Waals surface area contributed by atoms with Gasteiger partial charge in [0.2, 0.25) is 0 Å². The summed E-state index contributed by atoms with van der Waals surface area (Å²) in [5, 5.41) is 11.4. The number of hydrogen-bond donors (Lipinski definition) is 0. The normalized spacial score (nSPS) is 18.0. The van der Waals surface area contributed by atoms with Gasteiger partial charge < -0.3 is 9.80 Å². The Morgan fingerprint density at radius 1 is 1.35 bits per heavy atom. The van der Waals surface area contributed by atoms with Crippen LogP contribution in [0.1, 0.15) is 39.9 Å². The smallest absolute Gasteiger partial charge is 0.274 e. The lowest BCUT2D eigenvalue weighted by molar-refractivity contribution is 0.0700. The van der Waals surface area contributed by atoms with E-state index in [1.165, 1.54) is 0 Å². The highest BCUT2D eigenvalue weighted by Gasteiger charge is 2.27. The molecule has 1 unspecified atom stereocenters. The van der Waals surface area contributed by atoms with Gasteiger partial charge in [-0.3, -0.25) is 4.79 Å². The average molecular weight is 331 g/mol. The van der Waals surface area contributed by atoms with Crippen LogP contribution in [0.25, 0.3) is 0 Å². The van der Waals surface area contributed by atoms with E-state index in [0.717, 1.165) is 35.9 Å². The Kier molecular flexibility index (Phi) is 4.56. The van der Waals surface area contributed by atoms with E-state index < -0.39 is 0 Å². The summed E-state index contributed by atoms with van der Waals surface area (Å²) in [7, 11) is 3.80. The number of aromatic nitrogens is 3. The molecular weight excluding hydrogens is 310 g/mol. The number of hydrogen-bond acceptors (Lipinski definition) is 6. The van der Waals surface area contributed by atoms with Gasteiger partial charge in [-0.05, 0) is 31.9 Å². The van der Waals surface area contributed by atoms with Gasteiger partial charge in [-0.15, -0.1) is 21.5 Å². The molecule has 0 spiro atoms. The topological polar surface area (TPSA) is 62.2 Å². The molecule has 23 heavy (non-hydrogen) atoms. The molecule has 1 saturated heterocycles. The third-order valence-corrected chi connectivity index (χ3v) is 5.15. The lowest BCUT2D eigenvalue weighted by atomic mass is 9.98. The Morgan fingerprint density at radius 2 is 2.17 bits per heavy atom. The Balaban J connectivity index is 1.71. The zero-order valence-electron chi connectivity index (χ0n) is 13.7. The van der Waals surface area contributed by atoms with Crippen LogP contribution in [0.3, 0.4) is 0 Å². The van der Waals surface area contributed by atoms with Crippen LogP contribution in [-0.4, -0.2) is 53.2 Å². The highest BCUT2D eigenvalue weighted by atomic mass is 32.1. The van der Waals surface area contributed by atoms with E-state index in [0.29, 0.717) is 18.2 Å². The van der Waals surface area contributed by atoms with Crippen LogP contribution in [0.5, 0.6) is 0 Å². The van der Waals surface area contributed by atoms with Gasteiger partial charge in [0.15, 0.2) is 11.5 Å². The molecule has 1 aliphatic rings. The molecule has 2 aromatic heterocycles. The fourth-order valence-electron chi connectivity index (χ4n) is 2.76. The van der Waals surface area contributed by atoms with Crippen molar-refractivity contribution in [2.75, 3.05) is 32.1 Å². The molecule has 0 bridgehead atoms. The van der Waals surface area contributed by atoms with E-state index in [1.54, 1.807) is 17.4 Å². The minimum atomic E-state index is -0.0409. The Bertz CT molecular complexity index is 682. The molecule has 1 atom stereocenters. The van der Waals surface area contributed by atoms with Gasteiger partial charge in [-0.2, -0.15) is 0 Å². The summed E-state index contributed by atoms with van der Waals surface area (Å²) >= 11 is 1.69. The summed E-state index contributed by atoms with van der Waals surface area (Å²) in [6, 6.07) is 3.58. The van der Waals surface area contributed by atoms with Crippen LogP contribution in [0.2, 0.25) is 0 Å². The number of nitrogens with zero attached hydrogens (tertiary/aromatic N) is 5. The SMILES string of the molecule is Cc1csc(C2CCCN(C(=O)c3ccc(N(C)C)nn3)C2)n1.